The summed E-state index contributed by atoms with van der Waals surface area (Å²) in [6, 6.07) is 4.89. The summed E-state index contributed by atoms with van der Waals surface area (Å²) >= 11 is 5.12. The van der Waals surface area contributed by atoms with E-state index in [9.17, 15) is 9.59 Å². The molecule has 0 atom stereocenters. The Labute approximate surface area is 121 Å². The highest BCUT2D eigenvalue weighted by molar-refractivity contribution is 9.11. The fourth-order valence-electron chi connectivity index (χ4n) is 2.08. The number of amides is 1. The molecule has 3 rings (SSSR count). The summed E-state index contributed by atoms with van der Waals surface area (Å²) in [5.74, 6) is -0.147. The lowest BCUT2D eigenvalue weighted by atomic mass is 10.1. The molecule has 0 saturated heterocycles. The van der Waals surface area contributed by atoms with Gasteiger partial charge in [-0.1, -0.05) is 0 Å². The standard InChI is InChI=1S/C12H10BrN3O2S/c13-10-5-7-3-4-16(6-9(7)19-10)12(18)8-1-2-11(17)15-14-8/h1-2,5H,3-4,6H2,(H,15,17). The number of fused-ring (bicyclic) bond motifs is 1. The van der Waals surface area contributed by atoms with Gasteiger partial charge in [-0.05, 0) is 40.0 Å². The van der Waals surface area contributed by atoms with E-state index in [4.69, 9.17) is 0 Å². The van der Waals surface area contributed by atoms with Crippen LogP contribution in [0.25, 0.3) is 0 Å². The van der Waals surface area contributed by atoms with E-state index >= 15 is 0 Å². The molecule has 1 amide bonds. The molecule has 0 aromatic carbocycles. The summed E-state index contributed by atoms with van der Waals surface area (Å²) in [6.07, 6.45) is 0.854. The molecule has 7 heteroatoms. The third-order valence-corrected chi connectivity index (χ3v) is 4.70. The number of halogens is 1. The van der Waals surface area contributed by atoms with Gasteiger partial charge in [-0.3, -0.25) is 9.59 Å². The number of nitrogens with zero attached hydrogens (tertiary/aromatic N) is 2. The number of hydrogen-bond donors (Lipinski definition) is 1. The third kappa shape index (κ3) is 2.48. The molecule has 1 N–H and O–H groups in total. The number of carbonyl (C=O) groups is 1. The SMILES string of the molecule is O=C(c1ccc(=O)[nH]n1)N1CCc2cc(Br)sc2C1. The molecule has 0 bridgehead atoms. The van der Waals surface area contributed by atoms with Gasteiger partial charge < -0.3 is 4.90 Å². The minimum Gasteiger partial charge on any atom is -0.332 e. The Morgan fingerprint density at radius 1 is 1.47 bits per heavy atom. The molecule has 19 heavy (non-hydrogen) atoms. The van der Waals surface area contributed by atoms with Gasteiger partial charge in [0.2, 0.25) is 0 Å². The summed E-state index contributed by atoms with van der Waals surface area (Å²) < 4.78 is 1.09. The van der Waals surface area contributed by atoms with Crippen LogP contribution in [-0.2, 0) is 13.0 Å². The maximum absolute atomic E-state index is 12.3. The van der Waals surface area contributed by atoms with Crippen LogP contribution in [0.2, 0.25) is 0 Å². The summed E-state index contributed by atoms with van der Waals surface area (Å²) in [5.41, 5.74) is 1.27. The number of thiophene rings is 1. The zero-order valence-electron chi connectivity index (χ0n) is 9.85. The Morgan fingerprint density at radius 3 is 3.05 bits per heavy atom. The van der Waals surface area contributed by atoms with Gasteiger partial charge in [0.1, 0.15) is 5.69 Å². The average molecular weight is 340 g/mol. The molecule has 98 valence electrons. The van der Waals surface area contributed by atoms with E-state index in [2.05, 4.69) is 32.2 Å². The van der Waals surface area contributed by atoms with E-state index in [1.54, 1.807) is 16.2 Å². The Bertz CT molecular complexity index is 674. The van der Waals surface area contributed by atoms with Crippen molar-refractivity contribution in [2.24, 2.45) is 0 Å². The molecule has 0 fully saturated rings. The normalized spacial score (nSPS) is 14.3. The molecule has 0 saturated carbocycles. The van der Waals surface area contributed by atoms with Crippen LogP contribution >= 0.6 is 27.3 Å². The highest BCUT2D eigenvalue weighted by atomic mass is 79.9. The Kier molecular flexibility index (Phi) is 3.24. The van der Waals surface area contributed by atoms with Crippen molar-refractivity contribution >= 4 is 33.2 Å². The van der Waals surface area contributed by atoms with Gasteiger partial charge in [0.25, 0.3) is 11.5 Å². The molecule has 0 aliphatic carbocycles. The fraction of sp³-hybridized carbons (Fsp3) is 0.250. The van der Waals surface area contributed by atoms with Crippen molar-refractivity contribution in [3.63, 3.8) is 0 Å². The van der Waals surface area contributed by atoms with Crippen LogP contribution in [0, 0.1) is 0 Å². The first-order valence-corrected chi connectivity index (χ1v) is 7.36. The Hall–Kier alpha value is -1.47. The molecule has 2 aromatic rings. The van der Waals surface area contributed by atoms with Crippen LogP contribution in [0.15, 0.2) is 26.8 Å². The number of carbonyl (C=O) groups excluding carboxylic acids is 1. The lowest BCUT2D eigenvalue weighted by Crippen LogP contribution is -2.36. The molecule has 0 radical (unpaired) electrons. The smallest absolute Gasteiger partial charge is 0.274 e. The highest BCUT2D eigenvalue weighted by Crippen LogP contribution is 2.31. The van der Waals surface area contributed by atoms with E-state index < -0.39 is 0 Å². The largest absolute Gasteiger partial charge is 0.332 e. The van der Waals surface area contributed by atoms with Crippen molar-refractivity contribution in [3.05, 3.63) is 48.5 Å². The van der Waals surface area contributed by atoms with Gasteiger partial charge in [0.15, 0.2) is 0 Å². The minimum atomic E-state index is -0.306. The van der Waals surface area contributed by atoms with E-state index in [-0.39, 0.29) is 17.2 Å². The molecule has 3 heterocycles. The Morgan fingerprint density at radius 2 is 2.32 bits per heavy atom. The minimum absolute atomic E-state index is 0.147. The highest BCUT2D eigenvalue weighted by Gasteiger charge is 2.24. The second kappa shape index (κ2) is 4.90. The van der Waals surface area contributed by atoms with E-state index in [0.29, 0.717) is 13.1 Å². The molecule has 1 aliphatic rings. The second-order valence-corrected chi connectivity index (χ2v) is 6.80. The van der Waals surface area contributed by atoms with Gasteiger partial charge in [0, 0.05) is 17.5 Å². The molecule has 5 nitrogen and oxygen atoms in total. The van der Waals surface area contributed by atoms with Gasteiger partial charge >= 0.3 is 0 Å². The molecular formula is C12H10BrN3O2S. The zero-order valence-corrected chi connectivity index (χ0v) is 12.3. The number of aromatic amines is 1. The molecular weight excluding hydrogens is 330 g/mol. The fourth-order valence-corrected chi connectivity index (χ4v) is 3.89. The van der Waals surface area contributed by atoms with Gasteiger partial charge in [0.05, 0.1) is 10.3 Å². The van der Waals surface area contributed by atoms with Crippen LogP contribution in [0.1, 0.15) is 20.9 Å². The summed E-state index contributed by atoms with van der Waals surface area (Å²) in [4.78, 5) is 26.2. The first-order valence-electron chi connectivity index (χ1n) is 5.75. The van der Waals surface area contributed by atoms with Crippen molar-refractivity contribution in [1.29, 1.82) is 0 Å². The van der Waals surface area contributed by atoms with Crippen LogP contribution in [0.4, 0.5) is 0 Å². The van der Waals surface area contributed by atoms with Gasteiger partial charge in [-0.25, -0.2) is 5.10 Å². The summed E-state index contributed by atoms with van der Waals surface area (Å²) in [6.45, 7) is 1.28. The molecule has 2 aromatic heterocycles. The monoisotopic (exact) mass is 339 g/mol. The molecule has 0 unspecified atom stereocenters. The summed E-state index contributed by atoms with van der Waals surface area (Å²) in [5, 5.41) is 6.07. The predicted molar refractivity (Wildman–Crippen MR) is 75.3 cm³/mol. The van der Waals surface area contributed by atoms with Crippen molar-refractivity contribution in [3.8, 4) is 0 Å². The maximum Gasteiger partial charge on any atom is 0.274 e. The molecule has 1 aliphatic heterocycles. The van der Waals surface area contributed by atoms with Crippen molar-refractivity contribution in [2.75, 3.05) is 6.54 Å². The number of H-pyrrole nitrogens is 1. The Balaban J connectivity index is 1.82. The third-order valence-electron chi connectivity index (χ3n) is 3.04. The predicted octanol–water partition coefficient (Wildman–Crippen LogP) is 1.79. The average Bonchev–Trinajstić information content (AvgIpc) is 2.77. The quantitative estimate of drug-likeness (QED) is 0.861. The lowest BCUT2D eigenvalue weighted by molar-refractivity contribution is 0.0730. The van der Waals surface area contributed by atoms with E-state index in [1.807, 2.05) is 0 Å². The van der Waals surface area contributed by atoms with E-state index in [1.165, 1.54) is 22.6 Å². The van der Waals surface area contributed by atoms with Crippen molar-refractivity contribution in [2.45, 2.75) is 13.0 Å². The number of hydrogen-bond acceptors (Lipinski definition) is 4. The first kappa shape index (κ1) is 12.6. The van der Waals surface area contributed by atoms with Crippen LogP contribution < -0.4 is 5.56 Å². The van der Waals surface area contributed by atoms with Crippen LogP contribution in [0.3, 0.4) is 0 Å². The van der Waals surface area contributed by atoms with Crippen molar-refractivity contribution in [1.82, 2.24) is 15.1 Å². The number of rotatable bonds is 1. The topological polar surface area (TPSA) is 66.1 Å². The van der Waals surface area contributed by atoms with E-state index in [0.717, 1.165) is 10.2 Å². The van der Waals surface area contributed by atoms with Crippen LogP contribution in [-0.4, -0.2) is 27.5 Å². The number of nitrogens with one attached hydrogen (secondary N) is 1. The maximum atomic E-state index is 12.3. The second-order valence-electron chi connectivity index (χ2n) is 4.28. The zero-order chi connectivity index (χ0) is 13.4. The van der Waals surface area contributed by atoms with Crippen molar-refractivity contribution < 1.29 is 4.79 Å². The van der Waals surface area contributed by atoms with Gasteiger partial charge in [-0.15, -0.1) is 11.3 Å². The first-order chi connectivity index (χ1) is 9.13. The lowest BCUT2D eigenvalue weighted by Gasteiger charge is -2.26. The number of aromatic nitrogens is 2. The summed E-state index contributed by atoms with van der Waals surface area (Å²) in [7, 11) is 0. The molecule has 0 spiro atoms. The van der Waals surface area contributed by atoms with Crippen LogP contribution in [0.5, 0.6) is 0 Å². The van der Waals surface area contributed by atoms with Gasteiger partial charge in [-0.2, -0.15) is 5.10 Å².